The van der Waals surface area contributed by atoms with Crippen LogP contribution in [0.3, 0.4) is 0 Å². The summed E-state index contributed by atoms with van der Waals surface area (Å²) in [5.41, 5.74) is 4.34. The highest BCUT2D eigenvalue weighted by Crippen LogP contribution is 2.23. The molecule has 0 unspecified atom stereocenters. The lowest BCUT2D eigenvalue weighted by Crippen LogP contribution is -2.32. The van der Waals surface area contributed by atoms with E-state index in [4.69, 9.17) is 28.6 Å². The summed E-state index contributed by atoms with van der Waals surface area (Å²) in [5.74, 6) is 0.719. The van der Waals surface area contributed by atoms with Crippen LogP contribution in [0.4, 0.5) is 0 Å². The largest absolute Gasteiger partial charge is 0.496 e. The topological polar surface area (TPSA) is 45.7 Å². The first-order valence-corrected chi connectivity index (χ1v) is 6.29. The third-order valence-electron chi connectivity index (χ3n) is 2.21. The van der Waals surface area contributed by atoms with Crippen LogP contribution in [0.25, 0.3) is 0 Å². The third kappa shape index (κ3) is 4.16. The van der Waals surface area contributed by atoms with Gasteiger partial charge in [-0.3, -0.25) is 5.43 Å². The van der Waals surface area contributed by atoms with Gasteiger partial charge >= 0.3 is 0 Å². The molecule has 2 N–H and O–H groups in total. The quantitative estimate of drug-likeness (QED) is 0.507. The van der Waals surface area contributed by atoms with Crippen LogP contribution in [0.1, 0.15) is 19.4 Å². The van der Waals surface area contributed by atoms with E-state index in [1.807, 2.05) is 13.8 Å². The standard InChI is InChI=1S/C12H16ClN3OS/c1-4-14-12(18)16-15-8(2)10-7-9(13)5-6-11(10)17-3/h5-7H,4H2,1-3H3,(H2,14,16,18)/b15-8-. The number of halogens is 1. The molecule has 0 atom stereocenters. The number of hydrazone groups is 1. The average Bonchev–Trinajstić information content (AvgIpc) is 2.36. The van der Waals surface area contributed by atoms with E-state index in [9.17, 15) is 0 Å². The number of hydrogen-bond acceptors (Lipinski definition) is 3. The van der Waals surface area contributed by atoms with E-state index in [2.05, 4.69) is 15.8 Å². The lowest BCUT2D eigenvalue weighted by atomic mass is 10.1. The molecule has 98 valence electrons. The van der Waals surface area contributed by atoms with Gasteiger partial charge in [0.25, 0.3) is 0 Å². The average molecular weight is 286 g/mol. The number of rotatable bonds is 4. The van der Waals surface area contributed by atoms with Crippen molar-refractivity contribution < 1.29 is 4.74 Å². The smallest absolute Gasteiger partial charge is 0.186 e. The van der Waals surface area contributed by atoms with E-state index in [1.54, 1.807) is 25.3 Å². The number of nitrogens with one attached hydrogen (secondary N) is 2. The minimum Gasteiger partial charge on any atom is -0.496 e. The summed E-state index contributed by atoms with van der Waals surface area (Å²) in [6, 6.07) is 5.38. The number of hydrogen-bond donors (Lipinski definition) is 2. The van der Waals surface area contributed by atoms with E-state index in [1.165, 1.54) is 0 Å². The molecule has 18 heavy (non-hydrogen) atoms. The molecule has 0 saturated carbocycles. The zero-order chi connectivity index (χ0) is 13.5. The van der Waals surface area contributed by atoms with Gasteiger partial charge in [0.1, 0.15) is 5.75 Å². The molecule has 4 nitrogen and oxygen atoms in total. The predicted molar refractivity (Wildman–Crippen MR) is 79.6 cm³/mol. The van der Waals surface area contributed by atoms with E-state index >= 15 is 0 Å². The molecule has 0 spiro atoms. The number of ether oxygens (including phenoxy) is 1. The Hall–Kier alpha value is -1.33. The second-order valence-electron chi connectivity index (χ2n) is 3.51. The summed E-state index contributed by atoms with van der Waals surface area (Å²) in [6.07, 6.45) is 0. The molecule has 0 aliphatic heterocycles. The molecule has 0 amide bonds. The van der Waals surface area contributed by atoms with Gasteiger partial charge < -0.3 is 10.1 Å². The minimum absolute atomic E-state index is 0.484. The molecular weight excluding hydrogens is 270 g/mol. The van der Waals surface area contributed by atoms with Gasteiger partial charge in [0.15, 0.2) is 5.11 Å². The number of nitrogens with zero attached hydrogens (tertiary/aromatic N) is 1. The van der Waals surface area contributed by atoms with Gasteiger partial charge in [0, 0.05) is 17.1 Å². The second-order valence-corrected chi connectivity index (χ2v) is 4.36. The van der Waals surface area contributed by atoms with Crippen molar-refractivity contribution in [3.8, 4) is 5.75 Å². The predicted octanol–water partition coefficient (Wildman–Crippen LogP) is 2.56. The van der Waals surface area contributed by atoms with Gasteiger partial charge in [-0.05, 0) is 44.3 Å². The first-order chi connectivity index (χ1) is 8.58. The molecule has 6 heteroatoms. The van der Waals surface area contributed by atoms with Crippen LogP contribution in [0, 0.1) is 0 Å². The fraction of sp³-hybridized carbons (Fsp3) is 0.333. The highest BCUT2D eigenvalue weighted by Gasteiger charge is 2.07. The lowest BCUT2D eigenvalue weighted by molar-refractivity contribution is 0.414. The van der Waals surface area contributed by atoms with E-state index in [0.717, 1.165) is 23.6 Å². The Kier molecular flexibility index (Phi) is 5.88. The zero-order valence-corrected chi connectivity index (χ0v) is 12.2. The SMILES string of the molecule is CCNC(=S)N/N=C(/C)c1cc(Cl)ccc1OC. The molecule has 0 aromatic heterocycles. The van der Waals surface area contributed by atoms with Crippen molar-refractivity contribution in [2.24, 2.45) is 5.10 Å². The van der Waals surface area contributed by atoms with Crippen molar-refractivity contribution in [2.75, 3.05) is 13.7 Å². The molecule has 0 fully saturated rings. The molecule has 0 bridgehead atoms. The Bertz CT molecular complexity index is 463. The van der Waals surface area contributed by atoms with Crippen LogP contribution in [-0.4, -0.2) is 24.5 Å². The monoisotopic (exact) mass is 285 g/mol. The maximum atomic E-state index is 5.96. The number of thiocarbonyl (C=S) groups is 1. The summed E-state index contributed by atoms with van der Waals surface area (Å²) < 4.78 is 5.26. The van der Waals surface area contributed by atoms with Gasteiger partial charge in [-0.15, -0.1) is 0 Å². The summed E-state index contributed by atoms with van der Waals surface area (Å²) in [6.45, 7) is 4.57. The van der Waals surface area contributed by atoms with Gasteiger partial charge in [-0.2, -0.15) is 5.10 Å². The fourth-order valence-electron chi connectivity index (χ4n) is 1.36. The third-order valence-corrected chi connectivity index (χ3v) is 2.68. The second kappa shape index (κ2) is 7.18. The Labute approximate surface area is 117 Å². The maximum Gasteiger partial charge on any atom is 0.186 e. The molecule has 1 rings (SSSR count). The minimum atomic E-state index is 0.484. The van der Waals surface area contributed by atoms with Crippen LogP contribution in [0.5, 0.6) is 5.75 Å². The first kappa shape index (κ1) is 14.7. The Morgan fingerprint density at radius 2 is 2.22 bits per heavy atom. The van der Waals surface area contributed by atoms with Crippen molar-refractivity contribution in [1.29, 1.82) is 0 Å². The van der Waals surface area contributed by atoms with Crippen LogP contribution in [0.15, 0.2) is 23.3 Å². The molecular formula is C12H16ClN3OS. The van der Waals surface area contributed by atoms with Gasteiger partial charge in [0.2, 0.25) is 0 Å². The van der Waals surface area contributed by atoms with Crippen LogP contribution < -0.4 is 15.5 Å². The van der Waals surface area contributed by atoms with Gasteiger partial charge in [-0.1, -0.05) is 11.6 Å². The van der Waals surface area contributed by atoms with E-state index < -0.39 is 0 Å². The maximum absolute atomic E-state index is 5.96. The summed E-state index contributed by atoms with van der Waals surface area (Å²) in [4.78, 5) is 0. The highest BCUT2D eigenvalue weighted by atomic mass is 35.5. The van der Waals surface area contributed by atoms with Crippen LogP contribution >= 0.6 is 23.8 Å². The van der Waals surface area contributed by atoms with Crippen molar-refractivity contribution in [2.45, 2.75) is 13.8 Å². The lowest BCUT2D eigenvalue weighted by Gasteiger charge is -2.09. The Morgan fingerprint density at radius 1 is 1.50 bits per heavy atom. The number of benzene rings is 1. The summed E-state index contributed by atoms with van der Waals surface area (Å²) in [5, 5.41) is 8.25. The van der Waals surface area contributed by atoms with E-state index in [0.29, 0.717) is 10.1 Å². The molecule has 0 radical (unpaired) electrons. The molecule has 0 aliphatic rings. The molecule has 0 aliphatic carbocycles. The molecule has 0 heterocycles. The molecule has 1 aromatic carbocycles. The zero-order valence-electron chi connectivity index (χ0n) is 10.6. The van der Waals surface area contributed by atoms with Crippen molar-refractivity contribution in [3.63, 3.8) is 0 Å². The molecule has 0 saturated heterocycles. The van der Waals surface area contributed by atoms with Crippen LogP contribution in [-0.2, 0) is 0 Å². The van der Waals surface area contributed by atoms with Crippen molar-refractivity contribution >= 4 is 34.6 Å². The van der Waals surface area contributed by atoms with Gasteiger partial charge in [-0.25, -0.2) is 0 Å². The normalized spacial score (nSPS) is 11.0. The summed E-state index contributed by atoms with van der Waals surface area (Å²) >= 11 is 11.0. The first-order valence-electron chi connectivity index (χ1n) is 5.50. The summed E-state index contributed by atoms with van der Waals surface area (Å²) in [7, 11) is 1.61. The fourth-order valence-corrected chi connectivity index (χ4v) is 1.72. The Morgan fingerprint density at radius 3 is 2.83 bits per heavy atom. The number of methoxy groups -OCH3 is 1. The highest BCUT2D eigenvalue weighted by molar-refractivity contribution is 7.80. The van der Waals surface area contributed by atoms with Crippen LogP contribution in [0.2, 0.25) is 5.02 Å². The Balaban J connectivity index is 2.88. The van der Waals surface area contributed by atoms with E-state index in [-0.39, 0.29) is 0 Å². The van der Waals surface area contributed by atoms with Gasteiger partial charge in [0.05, 0.1) is 12.8 Å². The van der Waals surface area contributed by atoms with Crippen molar-refractivity contribution in [1.82, 2.24) is 10.7 Å². The van der Waals surface area contributed by atoms with Crippen molar-refractivity contribution in [3.05, 3.63) is 28.8 Å². The molecule has 1 aromatic rings.